The van der Waals surface area contributed by atoms with Gasteiger partial charge in [-0.05, 0) is 24.3 Å². The minimum Gasteiger partial charge on any atom is -0.399 e. The number of nitrogens with zero attached hydrogens (tertiary/aromatic N) is 2. The predicted octanol–water partition coefficient (Wildman–Crippen LogP) is 0.814. The summed E-state index contributed by atoms with van der Waals surface area (Å²) >= 11 is 0. The molecule has 0 unspecified atom stereocenters. The number of amides is 1. The molecule has 0 bridgehead atoms. The minimum absolute atomic E-state index is 0.206. The third kappa shape index (κ3) is 1.88. The molecule has 0 aliphatic carbocycles. The molecule has 0 atom stereocenters. The Hall–Kier alpha value is -2.30. The van der Waals surface area contributed by atoms with E-state index in [1.165, 1.54) is 0 Å². The Kier molecular flexibility index (Phi) is 2.59. The zero-order valence-electron chi connectivity index (χ0n) is 8.84. The van der Waals surface area contributed by atoms with Gasteiger partial charge in [-0.3, -0.25) is 4.79 Å². The highest BCUT2D eigenvalue weighted by molar-refractivity contribution is 5.91. The van der Waals surface area contributed by atoms with Crippen molar-refractivity contribution in [2.45, 2.75) is 0 Å². The lowest BCUT2D eigenvalue weighted by Crippen LogP contribution is -2.18. The van der Waals surface area contributed by atoms with E-state index in [2.05, 4.69) is 10.4 Å². The number of nitrogens with one attached hydrogen (secondary N) is 1. The number of carbonyl (C=O) groups excluding carboxylic acids is 1. The molecule has 1 heterocycles. The summed E-state index contributed by atoms with van der Waals surface area (Å²) in [5.74, 6) is -0.206. The minimum atomic E-state index is -0.206. The van der Waals surface area contributed by atoms with Gasteiger partial charge in [0, 0.05) is 18.9 Å². The summed E-state index contributed by atoms with van der Waals surface area (Å²) in [4.78, 5) is 11.3. The summed E-state index contributed by atoms with van der Waals surface area (Å²) in [6.45, 7) is 0. The maximum Gasteiger partial charge on any atom is 0.271 e. The van der Waals surface area contributed by atoms with Crippen molar-refractivity contribution in [2.75, 3.05) is 12.8 Å². The number of anilines is 1. The van der Waals surface area contributed by atoms with Crippen LogP contribution in [0.4, 0.5) is 5.69 Å². The zero-order chi connectivity index (χ0) is 11.5. The second-order valence-corrected chi connectivity index (χ2v) is 3.32. The number of aromatic nitrogens is 2. The van der Waals surface area contributed by atoms with E-state index in [1.54, 1.807) is 36.1 Å². The predicted molar refractivity (Wildman–Crippen MR) is 61.4 cm³/mol. The summed E-state index contributed by atoms with van der Waals surface area (Å²) in [5.41, 5.74) is 7.54. The van der Waals surface area contributed by atoms with Gasteiger partial charge < -0.3 is 11.1 Å². The summed E-state index contributed by atoms with van der Waals surface area (Å²) in [6.07, 6.45) is 1.72. The van der Waals surface area contributed by atoms with Crippen molar-refractivity contribution >= 4 is 11.6 Å². The Labute approximate surface area is 92.9 Å². The fourth-order valence-corrected chi connectivity index (χ4v) is 1.38. The van der Waals surface area contributed by atoms with Crippen LogP contribution in [-0.2, 0) is 0 Å². The van der Waals surface area contributed by atoms with Crippen molar-refractivity contribution in [2.24, 2.45) is 0 Å². The Morgan fingerprint density at radius 3 is 2.94 bits per heavy atom. The Bertz CT molecular complexity index is 518. The van der Waals surface area contributed by atoms with E-state index in [0.29, 0.717) is 11.4 Å². The van der Waals surface area contributed by atoms with E-state index < -0.39 is 0 Å². The topological polar surface area (TPSA) is 72.9 Å². The van der Waals surface area contributed by atoms with E-state index in [1.807, 2.05) is 12.1 Å². The van der Waals surface area contributed by atoms with Gasteiger partial charge in [-0.15, -0.1) is 0 Å². The Morgan fingerprint density at radius 2 is 2.25 bits per heavy atom. The van der Waals surface area contributed by atoms with Crippen molar-refractivity contribution < 1.29 is 4.79 Å². The van der Waals surface area contributed by atoms with Gasteiger partial charge in [0.05, 0.1) is 5.69 Å². The Morgan fingerprint density at radius 1 is 1.44 bits per heavy atom. The first kappa shape index (κ1) is 10.2. The molecule has 2 aromatic rings. The number of hydrogen-bond donors (Lipinski definition) is 2. The number of rotatable bonds is 2. The molecule has 16 heavy (non-hydrogen) atoms. The van der Waals surface area contributed by atoms with Crippen molar-refractivity contribution in [3.8, 4) is 5.69 Å². The van der Waals surface area contributed by atoms with Gasteiger partial charge in [-0.25, -0.2) is 4.68 Å². The van der Waals surface area contributed by atoms with Crippen molar-refractivity contribution in [3.05, 3.63) is 42.2 Å². The first-order chi connectivity index (χ1) is 7.70. The molecule has 1 aromatic carbocycles. The van der Waals surface area contributed by atoms with E-state index in [-0.39, 0.29) is 5.91 Å². The highest BCUT2D eigenvalue weighted by atomic mass is 16.1. The highest BCUT2D eigenvalue weighted by Crippen LogP contribution is 2.11. The molecule has 0 fully saturated rings. The molecule has 0 aliphatic heterocycles. The molecule has 5 nitrogen and oxygen atoms in total. The van der Waals surface area contributed by atoms with E-state index in [0.717, 1.165) is 5.69 Å². The summed E-state index contributed by atoms with van der Waals surface area (Å²) in [6, 6.07) is 8.96. The lowest BCUT2D eigenvalue weighted by atomic mass is 10.3. The molecule has 0 saturated heterocycles. The first-order valence-electron chi connectivity index (χ1n) is 4.84. The van der Waals surface area contributed by atoms with Crippen LogP contribution in [0.25, 0.3) is 5.69 Å². The molecular formula is C11H12N4O. The maximum atomic E-state index is 11.3. The molecule has 5 heteroatoms. The van der Waals surface area contributed by atoms with E-state index in [4.69, 9.17) is 5.73 Å². The standard InChI is InChI=1S/C11H12N4O/c1-13-11(16)10-5-6-15(14-10)9-4-2-3-8(12)7-9/h2-7H,12H2,1H3,(H,13,16). The number of nitrogens with two attached hydrogens (primary N) is 1. The summed E-state index contributed by atoms with van der Waals surface area (Å²) in [7, 11) is 1.57. The fraction of sp³-hybridized carbons (Fsp3) is 0.0909. The summed E-state index contributed by atoms with van der Waals surface area (Å²) in [5, 5.41) is 6.66. The molecule has 0 spiro atoms. The molecule has 0 aliphatic rings. The largest absolute Gasteiger partial charge is 0.399 e. The molecule has 2 rings (SSSR count). The highest BCUT2D eigenvalue weighted by Gasteiger charge is 2.07. The third-order valence-electron chi connectivity index (χ3n) is 2.18. The monoisotopic (exact) mass is 216 g/mol. The molecule has 0 saturated carbocycles. The van der Waals surface area contributed by atoms with Crippen molar-refractivity contribution in [1.29, 1.82) is 0 Å². The number of nitrogen functional groups attached to an aromatic ring is 1. The van der Waals surface area contributed by atoms with Crippen LogP contribution < -0.4 is 11.1 Å². The smallest absolute Gasteiger partial charge is 0.271 e. The average Bonchev–Trinajstić information content (AvgIpc) is 2.77. The van der Waals surface area contributed by atoms with Gasteiger partial charge in [-0.1, -0.05) is 6.07 Å². The lowest BCUT2D eigenvalue weighted by Gasteiger charge is -2.01. The van der Waals surface area contributed by atoms with Gasteiger partial charge >= 0.3 is 0 Å². The lowest BCUT2D eigenvalue weighted by molar-refractivity contribution is 0.0958. The molecule has 3 N–H and O–H groups in total. The van der Waals surface area contributed by atoms with Gasteiger partial charge in [-0.2, -0.15) is 5.10 Å². The number of hydrogen-bond acceptors (Lipinski definition) is 3. The summed E-state index contributed by atoms with van der Waals surface area (Å²) < 4.78 is 1.61. The van der Waals surface area contributed by atoms with Crippen molar-refractivity contribution in [1.82, 2.24) is 15.1 Å². The fourth-order valence-electron chi connectivity index (χ4n) is 1.38. The molecule has 1 amide bonds. The molecule has 1 aromatic heterocycles. The second kappa shape index (κ2) is 4.06. The third-order valence-corrected chi connectivity index (χ3v) is 2.18. The van der Waals surface area contributed by atoms with Crippen molar-refractivity contribution in [3.63, 3.8) is 0 Å². The van der Waals surface area contributed by atoms with E-state index >= 15 is 0 Å². The van der Waals surface area contributed by atoms with Crippen LogP contribution in [0.3, 0.4) is 0 Å². The normalized spacial score (nSPS) is 10.1. The van der Waals surface area contributed by atoms with Crippen LogP contribution in [-0.4, -0.2) is 22.7 Å². The number of benzene rings is 1. The molecule has 82 valence electrons. The van der Waals surface area contributed by atoms with Crippen LogP contribution in [0.2, 0.25) is 0 Å². The SMILES string of the molecule is CNC(=O)c1ccn(-c2cccc(N)c2)n1. The van der Waals surface area contributed by atoms with Gasteiger partial charge in [0.1, 0.15) is 0 Å². The van der Waals surface area contributed by atoms with Crippen LogP contribution in [0, 0.1) is 0 Å². The van der Waals surface area contributed by atoms with E-state index in [9.17, 15) is 4.79 Å². The van der Waals surface area contributed by atoms with Crippen LogP contribution in [0.5, 0.6) is 0 Å². The Balaban J connectivity index is 2.35. The second-order valence-electron chi connectivity index (χ2n) is 3.32. The van der Waals surface area contributed by atoms with Crippen LogP contribution in [0.15, 0.2) is 36.5 Å². The maximum absolute atomic E-state index is 11.3. The number of carbonyl (C=O) groups is 1. The molecular weight excluding hydrogens is 204 g/mol. The zero-order valence-corrected chi connectivity index (χ0v) is 8.84. The first-order valence-corrected chi connectivity index (χ1v) is 4.84. The quantitative estimate of drug-likeness (QED) is 0.730. The van der Waals surface area contributed by atoms with Gasteiger partial charge in [0.2, 0.25) is 0 Å². The van der Waals surface area contributed by atoms with Gasteiger partial charge in [0.15, 0.2) is 5.69 Å². The van der Waals surface area contributed by atoms with Crippen LogP contribution in [0.1, 0.15) is 10.5 Å². The molecule has 0 radical (unpaired) electrons. The van der Waals surface area contributed by atoms with Gasteiger partial charge in [0.25, 0.3) is 5.91 Å². The average molecular weight is 216 g/mol. The van der Waals surface area contributed by atoms with Crippen LogP contribution >= 0.6 is 0 Å².